The molecule has 1 aliphatic rings. The Morgan fingerprint density at radius 3 is 2.56 bits per heavy atom. The fourth-order valence-corrected chi connectivity index (χ4v) is 4.53. The van der Waals surface area contributed by atoms with Crippen LogP contribution >= 0.6 is 0 Å². The molecule has 0 saturated carbocycles. The lowest BCUT2D eigenvalue weighted by molar-refractivity contribution is 0.197. The highest BCUT2D eigenvalue weighted by molar-refractivity contribution is 7.89. The van der Waals surface area contributed by atoms with Gasteiger partial charge in [-0.15, -0.1) is 10.2 Å². The summed E-state index contributed by atoms with van der Waals surface area (Å²) in [7, 11) is -1.95. The van der Waals surface area contributed by atoms with Crippen molar-refractivity contribution in [2.24, 2.45) is 0 Å². The van der Waals surface area contributed by atoms with E-state index in [0.29, 0.717) is 39.0 Å². The number of methoxy groups -OCH3 is 1. The summed E-state index contributed by atoms with van der Waals surface area (Å²) in [5.74, 6) is 0.399. The lowest BCUT2D eigenvalue weighted by Gasteiger charge is -2.32. The van der Waals surface area contributed by atoms with Crippen LogP contribution in [-0.2, 0) is 21.2 Å². The van der Waals surface area contributed by atoms with Gasteiger partial charge in [-0.2, -0.15) is 4.31 Å². The Morgan fingerprint density at radius 1 is 1.24 bits per heavy atom. The van der Waals surface area contributed by atoms with Crippen molar-refractivity contribution in [1.82, 2.24) is 19.1 Å². The predicted molar refractivity (Wildman–Crippen MR) is 89.0 cm³/mol. The zero-order valence-corrected chi connectivity index (χ0v) is 14.8. The van der Waals surface area contributed by atoms with Gasteiger partial charge in [-0.25, -0.2) is 12.8 Å². The predicted octanol–water partition coefficient (Wildman–Crippen LogP) is 1.63. The smallest absolute Gasteiger partial charge is 0.243 e. The van der Waals surface area contributed by atoms with Crippen LogP contribution in [0.3, 0.4) is 0 Å². The van der Waals surface area contributed by atoms with Crippen molar-refractivity contribution >= 4 is 10.0 Å². The van der Waals surface area contributed by atoms with Gasteiger partial charge in [-0.05, 0) is 37.1 Å². The largest absolute Gasteiger partial charge is 0.384 e. The van der Waals surface area contributed by atoms with E-state index in [1.807, 2.05) is 4.57 Å². The van der Waals surface area contributed by atoms with Crippen molar-refractivity contribution in [3.63, 3.8) is 0 Å². The molecule has 3 rings (SSSR count). The van der Waals surface area contributed by atoms with Gasteiger partial charge in [0.05, 0.1) is 11.5 Å². The van der Waals surface area contributed by atoms with Crippen LogP contribution in [0, 0.1) is 5.82 Å². The molecule has 9 heteroatoms. The fraction of sp³-hybridized carbons (Fsp3) is 0.500. The maximum Gasteiger partial charge on any atom is 0.243 e. The van der Waals surface area contributed by atoms with Gasteiger partial charge in [-0.3, -0.25) is 0 Å². The standard InChI is InChI=1S/C16H21FN4O3S/c1-24-11-8-16-19-18-12-21(16)14-6-9-20(10-7-14)25(22,23)15-4-2-13(17)3-5-15/h2-5,12,14H,6-11H2,1H3. The summed E-state index contributed by atoms with van der Waals surface area (Å²) in [6, 6.07) is 5.11. The molecule has 0 unspecified atom stereocenters. The lowest BCUT2D eigenvalue weighted by Crippen LogP contribution is -2.39. The first kappa shape index (κ1) is 18.0. The quantitative estimate of drug-likeness (QED) is 0.775. The Morgan fingerprint density at radius 2 is 1.92 bits per heavy atom. The number of benzene rings is 1. The van der Waals surface area contributed by atoms with Crippen LogP contribution in [0.15, 0.2) is 35.5 Å². The summed E-state index contributed by atoms with van der Waals surface area (Å²) in [5, 5.41) is 8.08. The summed E-state index contributed by atoms with van der Waals surface area (Å²) in [6.07, 6.45) is 3.72. The third-order valence-corrected chi connectivity index (χ3v) is 6.36. The van der Waals surface area contributed by atoms with Crippen molar-refractivity contribution in [2.75, 3.05) is 26.8 Å². The highest BCUT2D eigenvalue weighted by Crippen LogP contribution is 2.27. The molecule has 0 radical (unpaired) electrons. The Balaban J connectivity index is 1.67. The van der Waals surface area contributed by atoms with Crippen molar-refractivity contribution < 1.29 is 17.5 Å². The van der Waals surface area contributed by atoms with Gasteiger partial charge in [0.25, 0.3) is 0 Å². The number of hydrogen-bond acceptors (Lipinski definition) is 5. The molecule has 0 spiro atoms. The summed E-state index contributed by atoms with van der Waals surface area (Å²) >= 11 is 0. The Labute approximate surface area is 146 Å². The van der Waals surface area contributed by atoms with Crippen LogP contribution in [0.25, 0.3) is 0 Å². The van der Waals surface area contributed by atoms with E-state index in [9.17, 15) is 12.8 Å². The Kier molecular flexibility index (Phi) is 5.45. The third kappa shape index (κ3) is 3.88. The van der Waals surface area contributed by atoms with Gasteiger partial charge in [0.15, 0.2) is 0 Å². The number of aromatic nitrogens is 3. The van der Waals surface area contributed by atoms with E-state index < -0.39 is 15.8 Å². The molecule has 1 aromatic heterocycles. The lowest BCUT2D eigenvalue weighted by atomic mass is 10.1. The van der Waals surface area contributed by atoms with Crippen LogP contribution in [0.5, 0.6) is 0 Å². The Hall–Kier alpha value is -1.84. The second-order valence-corrected chi connectivity index (χ2v) is 7.92. The maximum absolute atomic E-state index is 13.0. The van der Waals surface area contributed by atoms with E-state index in [1.165, 1.54) is 28.6 Å². The van der Waals surface area contributed by atoms with Gasteiger partial charge in [0.2, 0.25) is 10.0 Å². The van der Waals surface area contributed by atoms with Crippen molar-refractivity contribution in [3.05, 3.63) is 42.2 Å². The van der Waals surface area contributed by atoms with Crippen molar-refractivity contribution in [3.8, 4) is 0 Å². The molecule has 0 aliphatic carbocycles. The van der Waals surface area contributed by atoms with Gasteiger partial charge in [0.1, 0.15) is 18.0 Å². The summed E-state index contributed by atoms with van der Waals surface area (Å²) in [6.45, 7) is 1.38. The molecule has 2 heterocycles. The molecule has 0 bridgehead atoms. The molecule has 1 aromatic carbocycles. The number of hydrogen-bond donors (Lipinski definition) is 0. The second kappa shape index (κ2) is 7.59. The topological polar surface area (TPSA) is 77.3 Å². The number of nitrogens with zero attached hydrogens (tertiary/aromatic N) is 4. The zero-order chi connectivity index (χ0) is 17.9. The number of halogens is 1. The molecule has 1 fully saturated rings. The van der Waals surface area contributed by atoms with Crippen molar-refractivity contribution in [1.29, 1.82) is 0 Å². The van der Waals surface area contributed by atoms with E-state index >= 15 is 0 Å². The molecule has 25 heavy (non-hydrogen) atoms. The average Bonchev–Trinajstić information content (AvgIpc) is 3.09. The van der Waals surface area contributed by atoms with Crippen molar-refractivity contribution in [2.45, 2.75) is 30.2 Å². The van der Waals surface area contributed by atoms with E-state index in [1.54, 1.807) is 13.4 Å². The second-order valence-electron chi connectivity index (χ2n) is 5.99. The van der Waals surface area contributed by atoms with Crippen LogP contribution in [0.1, 0.15) is 24.7 Å². The highest BCUT2D eigenvalue weighted by atomic mass is 32.2. The molecule has 1 saturated heterocycles. The minimum atomic E-state index is -3.59. The van der Waals surface area contributed by atoms with E-state index in [-0.39, 0.29) is 10.9 Å². The molecular weight excluding hydrogens is 347 g/mol. The molecule has 7 nitrogen and oxygen atoms in total. The minimum Gasteiger partial charge on any atom is -0.384 e. The normalized spacial score (nSPS) is 17.0. The summed E-state index contributed by atoms with van der Waals surface area (Å²) < 4.78 is 46.9. The molecule has 2 aromatic rings. The van der Waals surface area contributed by atoms with Gasteiger partial charge in [0, 0.05) is 32.7 Å². The molecule has 0 N–H and O–H groups in total. The first-order valence-electron chi connectivity index (χ1n) is 8.15. The maximum atomic E-state index is 13.0. The van der Waals surface area contributed by atoms with Gasteiger partial charge < -0.3 is 9.30 Å². The third-order valence-electron chi connectivity index (χ3n) is 4.45. The average molecular weight is 368 g/mol. The van der Waals surface area contributed by atoms with Crippen LogP contribution in [-0.4, -0.2) is 54.3 Å². The zero-order valence-electron chi connectivity index (χ0n) is 14.0. The van der Waals surface area contributed by atoms with E-state index in [2.05, 4.69) is 10.2 Å². The minimum absolute atomic E-state index is 0.123. The molecule has 136 valence electrons. The first-order chi connectivity index (χ1) is 12.0. The summed E-state index contributed by atoms with van der Waals surface area (Å²) in [4.78, 5) is 0.123. The SMILES string of the molecule is COCCc1nncn1C1CCN(S(=O)(=O)c2ccc(F)cc2)CC1. The van der Waals surface area contributed by atoms with Crippen LogP contribution in [0.2, 0.25) is 0 Å². The Bertz CT molecular complexity index is 799. The van der Waals surface area contributed by atoms with Gasteiger partial charge in [-0.1, -0.05) is 0 Å². The monoisotopic (exact) mass is 368 g/mol. The number of sulfonamides is 1. The number of ether oxygens (including phenoxy) is 1. The number of rotatable bonds is 6. The summed E-state index contributed by atoms with van der Waals surface area (Å²) in [5.41, 5.74) is 0. The van der Waals surface area contributed by atoms with E-state index in [0.717, 1.165) is 5.82 Å². The molecular formula is C16H21FN4O3S. The van der Waals surface area contributed by atoms with Crippen LogP contribution < -0.4 is 0 Å². The molecule has 0 atom stereocenters. The molecule has 0 amide bonds. The van der Waals surface area contributed by atoms with E-state index in [4.69, 9.17) is 4.74 Å². The van der Waals surface area contributed by atoms with Gasteiger partial charge >= 0.3 is 0 Å². The highest BCUT2D eigenvalue weighted by Gasteiger charge is 2.30. The molecule has 1 aliphatic heterocycles. The number of piperidine rings is 1. The van der Waals surface area contributed by atoms with Crippen LogP contribution in [0.4, 0.5) is 4.39 Å². The first-order valence-corrected chi connectivity index (χ1v) is 9.59. The fourth-order valence-electron chi connectivity index (χ4n) is 3.06.